The lowest BCUT2D eigenvalue weighted by Crippen LogP contribution is -2.22. The predicted octanol–water partition coefficient (Wildman–Crippen LogP) is 5.64. The molecule has 0 bridgehead atoms. The van der Waals surface area contributed by atoms with Gasteiger partial charge < -0.3 is 9.73 Å². The summed E-state index contributed by atoms with van der Waals surface area (Å²) >= 11 is 4.35. The number of rotatable bonds is 5. The maximum atomic E-state index is 12.8. The van der Waals surface area contributed by atoms with Crippen LogP contribution in [-0.2, 0) is 11.0 Å². The SMILES string of the molecule is CC(Sc1nnc(-c2ccc(Br)cc2)o1)C(=O)Nc1cccc(C(F)(F)F)c1. The second-order valence-corrected chi connectivity index (χ2v) is 7.92. The van der Waals surface area contributed by atoms with E-state index in [0.29, 0.717) is 5.89 Å². The van der Waals surface area contributed by atoms with E-state index in [1.807, 2.05) is 12.1 Å². The molecule has 10 heteroatoms. The number of hydrogen-bond acceptors (Lipinski definition) is 5. The Balaban J connectivity index is 1.64. The minimum atomic E-state index is -4.48. The van der Waals surface area contributed by atoms with Gasteiger partial charge in [0.05, 0.1) is 10.8 Å². The Morgan fingerprint density at radius 1 is 1.18 bits per heavy atom. The Labute approximate surface area is 170 Å². The number of thioether (sulfide) groups is 1. The van der Waals surface area contributed by atoms with Crippen molar-refractivity contribution in [2.24, 2.45) is 0 Å². The fourth-order valence-corrected chi connectivity index (χ4v) is 3.14. The van der Waals surface area contributed by atoms with Crippen LogP contribution in [0, 0.1) is 0 Å². The zero-order chi connectivity index (χ0) is 20.3. The first-order chi connectivity index (χ1) is 13.2. The van der Waals surface area contributed by atoms with E-state index in [4.69, 9.17) is 4.42 Å². The van der Waals surface area contributed by atoms with Gasteiger partial charge in [-0.05, 0) is 49.4 Å². The molecule has 0 saturated carbocycles. The van der Waals surface area contributed by atoms with E-state index in [9.17, 15) is 18.0 Å². The molecule has 1 unspecified atom stereocenters. The van der Waals surface area contributed by atoms with Crippen LogP contribution in [0.2, 0.25) is 0 Å². The van der Waals surface area contributed by atoms with E-state index in [-0.39, 0.29) is 10.9 Å². The molecule has 1 atom stereocenters. The van der Waals surface area contributed by atoms with E-state index in [1.165, 1.54) is 12.1 Å². The van der Waals surface area contributed by atoms with Crippen LogP contribution in [-0.4, -0.2) is 21.4 Å². The van der Waals surface area contributed by atoms with Gasteiger partial charge in [-0.25, -0.2) is 0 Å². The van der Waals surface area contributed by atoms with Crippen LogP contribution in [0.5, 0.6) is 0 Å². The molecule has 1 heterocycles. The zero-order valence-corrected chi connectivity index (χ0v) is 16.7. The largest absolute Gasteiger partial charge is 0.416 e. The number of nitrogens with zero attached hydrogens (tertiary/aromatic N) is 2. The maximum Gasteiger partial charge on any atom is 0.416 e. The molecule has 3 aromatic rings. The fraction of sp³-hybridized carbons (Fsp3) is 0.167. The Bertz CT molecular complexity index is 977. The molecule has 0 aliphatic heterocycles. The standard InChI is InChI=1S/C18H13BrF3N3O2S/c1-10(15(26)23-14-4-2-3-12(9-14)18(20,21)22)28-17-25-24-16(27-17)11-5-7-13(19)8-6-11/h2-10H,1H3,(H,23,26). The van der Waals surface area contributed by atoms with E-state index in [1.54, 1.807) is 19.1 Å². The smallest absolute Gasteiger partial charge is 0.411 e. The molecular weight excluding hydrogens is 459 g/mol. The second kappa shape index (κ2) is 8.36. The van der Waals surface area contributed by atoms with Gasteiger partial charge in [0.25, 0.3) is 5.22 Å². The minimum absolute atomic E-state index is 0.0633. The highest BCUT2D eigenvalue weighted by atomic mass is 79.9. The highest BCUT2D eigenvalue weighted by molar-refractivity contribution is 9.10. The number of benzene rings is 2. The molecule has 0 spiro atoms. The normalized spacial score (nSPS) is 12.6. The van der Waals surface area contributed by atoms with E-state index in [2.05, 4.69) is 31.4 Å². The summed E-state index contributed by atoms with van der Waals surface area (Å²) < 4.78 is 44.8. The van der Waals surface area contributed by atoms with Crippen LogP contribution in [0.15, 0.2) is 62.6 Å². The maximum absolute atomic E-state index is 12.8. The Morgan fingerprint density at radius 2 is 1.89 bits per heavy atom. The highest BCUT2D eigenvalue weighted by Gasteiger charge is 2.30. The summed E-state index contributed by atoms with van der Waals surface area (Å²) in [6, 6.07) is 11.7. The average Bonchev–Trinajstić information content (AvgIpc) is 3.10. The Morgan fingerprint density at radius 3 is 2.57 bits per heavy atom. The molecule has 0 radical (unpaired) electrons. The summed E-state index contributed by atoms with van der Waals surface area (Å²) in [5.74, 6) is -0.173. The van der Waals surface area contributed by atoms with Gasteiger partial charge in [0.2, 0.25) is 11.8 Å². The number of carbonyl (C=O) groups is 1. The molecule has 5 nitrogen and oxygen atoms in total. The molecule has 0 saturated heterocycles. The highest BCUT2D eigenvalue weighted by Crippen LogP contribution is 2.31. The number of alkyl halides is 3. The molecule has 1 aromatic heterocycles. The summed E-state index contributed by atoms with van der Waals surface area (Å²) in [5, 5.41) is 9.83. The number of hydrogen-bond donors (Lipinski definition) is 1. The van der Waals surface area contributed by atoms with Gasteiger partial charge in [-0.15, -0.1) is 10.2 Å². The molecule has 0 aliphatic rings. The molecule has 1 N–H and O–H groups in total. The number of anilines is 1. The van der Waals surface area contributed by atoms with E-state index >= 15 is 0 Å². The Kier molecular flexibility index (Phi) is 6.09. The number of aromatic nitrogens is 2. The van der Waals surface area contributed by atoms with Crippen molar-refractivity contribution in [1.82, 2.24) is 10.2 Å². The van der Waals surface area contributed by atoms with Crippen molar-refractivity contribution in [2.75, 3.05) is 5.32 Å². The predicted molar refractivity (Wildman–Crippen MR) is 103 cm³/mol. The summed E-state index contributed by atoms with van der Waals surface area (Å²) in [7, 11) is 0. The van der Waals surface area contributed by atoms with E-state index < -0.39 is 22.9 Å². The lowest BCUT2D eigenvalue weighted by molar-refractivity contribution is -0.137. The van der Waals surface area contributed by atoms with Crippen molar-refractivity contribution >= 4 is 39.3 Å². The second-order valence-electron chi connectivity index (χ2n) is 5.71. The van der Waals surface area contributed by atoms with Gasteiger partial charge in [0.1, 0.15) is 0 Å². The fourth-order valence-electron chi connectivity index (χ4n) is 2.19. The van der Waals surface area contributed by atoms with Crippen LogP contribution in [0.1, 0.15) is 12.5 Å². The third kappa shape index (κ3) is 5.14. The monoisotopic (exact) mass is 471 g/mol. The van der Waals surface area contributed by atoms with Crippen molar-refractivity contribution in [2.45, 2.75) is 23.6 Å². The number of halogens is 4. The summed E-state index contributed by atoms with van der Waals surface area (Å²) in [4.78, 5) is 12.3. The van der Waals surface area contributed by atoms with Gasteiger partial charge in [-0.3, -0.25) is 4.79 Å². The molecule has 28 heavy (non-hydrogen) atoms. The molecule has 1 amide bonds. The van der Waals surface area contributed by atoms with Gasteiger partial charge in [0, 0.05) is 15.7 Å². The first kappa shape index (κ1) is 20.4. The van der Waals surface area contributed by atoms with Gasteiger partial charge in [-0.1, -0.05) is 33.8 Å². The molecule has 2 aromatic carbocycles. The van der Waals surface area contributed by atoms with Crippen molar-refractivity contribution in [1.29, 1.82) is 0 Å². The van der Waals surface area contributed by atoms with Crippen molar-refractivity contribution < 1.29 is 22.4 Å². The third-order valence-electron chi connectivity index (χ3n) is 3.60. The van der Waals surface area contributed by atoms with Crippen molar-refractivity contribution in [3.05, 3.63) is 58.6 Å². The number of amides is 1. The van der Waals surface area contributed by atoms with Crippen LogP contribution in [0.4, 0.5) is 18.9 Å². The van der Waals surface area contributed by atoms with Gasteiger partial charge >= 0.3 is 6.18 Å². The summed E-state index contributed by atoms with van der Waals surface area (Å²) in [6.07, 6.45) is -4.48. The van der Waals surface area contributed by atoms with Crippen molar-refractivity contribution in [3.63, 3.8) is 0 Å². The topological polar surface area (TPSA) is 68.0 Å². The van der Waals surface area contributed by atoms with Crippen LogP contribution < -0.4 is 5.32 Å². The molecule has 0 fully saturated rings. The van der Waals surface area contributed by atoms with Gasteiger partial charge in [-0.2, -0.15) is 13.2 Å². The molecule has 146 valence electrons. The lowest BCUT2D eigenvalue weighted by atomic mass is 10.2. The van der Waals surface area contributed by atoms with E-state index in [0.717, 1.165) is 33.9 Å². The van der Waals surface area contributed by atoms with Crippen LogP contribution >= 0.6 is 27.7 Å². The lowest BCUT2D eigenvalue weighted by Gasteiger charge is -2.12. The zero-order valence-electron chi connectivity index (χ0n) is 14.3. The van der Waals surface area contributed by atoms with Crippen LogP contribution in [0.25, 0.3) is 11.5 Å². The summed E-state index contributed by atoms with van der Waals surface area (Å²) in [5.41, 5.74) is -0.0429. The summed E-state index contributed by atoms with van der Waals surface area (Å²) in [6.45, 7) is 1.59. The Hall–Kier alpha value is -2.33. The average molecular weight is 472 g/mol. The molecular formula is C18H13BrF3N3O2S. The first-order valence-electron chi connectivity index (χ1n) is 7.96. The van der Waals surface area contributed by atoms with Gasteiger partial charge in [0.15, 0.2) is 0 Å². The van der Waals surface area contributed by atoms with Crippen molar-refractivity contribution in [3.8, 4) is 11.5 Å². The first-order valence-corrected chi connectivity index (χ1v) is 9.64. The molecule has 0 aliphatic carbocycles. The quantitative estimate of drug-likeness (QED) is 0.487. The molecule has 3 rings (SSSR count). The van der Waals surface area contributed by atoms with Crippen LogP contribution in [0.3, 0.4) is 0 Å². The number of nitrogens with one attached hydrogen (secondary N) is 1. The number of carbonyl (C=O) groups excluding carboxylic acids is 1. The third-order valence-corrected chi connectivity index (χ3v) is 5.06. The minimum Gasteiger partial charge on any atom is -0.411 e.